The van der Waals surface area contributed by atoms with Crippen LogP contribution in [0.15, 0.2) is 52.0 Å². The number of hydrogen-bond donors (Lipinski definition) is 1. The number of carbonyl (C=O) groups excluding carboxylic acids is 1. The third-order valence-electron chi connectivity index (χ3n) is 5.25. The van der Waals surface area contributed by atoms with Crippen molar-refractivity contribution in [2.24, 2.45) is 10.9 Å². The van der Waals surface area contributed by atoms with Crippen LogP contribution in [0.3, 0.4) is 0 Å². The van der Waals surface area contributed by atoms with E-state index in [2.05, 4.69) is 10.1 Å². The average molecular weight is 411 g/mol. The number of aliphatic imine (C=N–C) groups is 1. The van der Waals surface area contributed by atoms with Gasteiger partial charge in [-0.3, -0.25) is 4.79 Å². The van der Waals surface area contributed by atoms with Crippen LogP contribution < -0.4 is 4.74 Å². The molecule has 0 saturated carbocycles. The molecule has 7 nitrogen and oxygen atoms in total. The quantitative estimate of drug-likeness (QED) is 0.653. The highest BCUT2D eigenvalue weighted by molar-refractivity contribution is 6.30. The Morgan fingerprint density at radius 1 is 1.17 bits per heavy atom. The third kappa shape index (κ3) is 2.77. The molecule has 3 aromatic rings. The largest absolute Gasteiger partial charge is 0.504 e. The van der Waals surface area contributed by atoms with Crippen LogP contribution in [0.25, 0.3) is 11.3 Å². The van der Waals surface area contributed by atoms with Crippen molar-refractivity contribution >= 4 is 29.2 Å². The van der Waals surface area contributed by atoms with Gasteiger partial charge in [-0.2, -0.15) is 0 Å². The summed E-state index contributed by atoms with van der Waals surface area (Å²) in [7, 11) is 1.48. The fourth-order valence-corrected chi connectivity index (χ4v) is 4.04. The summed E-state index contributed by atoms with van der Waals surface area (Å²) in [5.41, 5.74) is 3.32. The van der Waals surface area contributed by atoms with Crippen molar-refractivity contribution in [3.8, 4) is 22.8 Å². The lowest BCUT2D eigenvalue weighted by atomic mass is 9.76. The Morgan fingerprint density at radius 3 is 2.69 bits per heavy atom. The number of fused-ring (bicyclic) bond motifs is 2. The first-order chi connectivity index (χ1) is 14.1. The van der Waals surface area contributed by atoms with Gasteiger partial charge in [0, 0.05) is 16.5 Å². The summed E-state index contributed by atoms with van der Waals surface area (Å²) in [5, 5.41) is 15.1. The molecule has 8 heteroatoms. The van der Waals surface area contributed by atoms with Crippen LogP contribution in [0.2, 0.25) is 5.02 Å². The van der Waals surface area contributed by atoms with E-state index in [0.717, 1.165) is 5.56 Å². The topological polar surface area (TPSA) is 94.2 Å². The lowest BCUT2D eigenvalue weighted by Gasteiger charge is -2.25. The summed E-state index contributed by atoms with van der Waals surface area (Å²) in [4.78, 5) is 17.0. The summed E-state index contributed by atoms with van der Waals surface area (Å²) in [5.74, 6) is -0.790. The van der Waals surface area contributed by atoms with Gasteiger partial charge in [0.1, 0.15) is 18.2 Å². The number of carbonyl (C=O) groups is 1. The van der Waals surface area contributed by atoms with Gasteiger partial charge in [0.15, 0.2) is 11.5 Å². The van der Waals surface area contributed by atoms with Crippen LogP contribution in [-0.2, 0) is 9.53 Å². The molecular formula is C21H15ClN2O5. The van der Waals surface area contributed by atoms with E-state index >= 15 is 0 Å². The molecule has 29 heavy (non-hydrogen) atoms. The zero-order valence-corrected chi connectivity index (χ0v) is 16.0. The molecule has 1 N–H and O–H groups in total. The number of rotatable bonds is 3. The molecule has 2 atom stereocenters. The number of phenols is 1. The molecule has 2 aliphatic rings. The van der Waals surface area contributed by atoms with Crippen molar-refractivity contribution in [1.29, 1.82) is 0 Å². The Balaban J connectivity index is 1.72. The fraction of sp³-hybridized carbons (Fsp3) is 0.190. The Morgan fingerprint density at radius 2 is 1.97 bits per heavy atom. The van der Waals surface area contributed by atoms with Crippen molar-refractivity contribution in [3.05, 3.63) is 58.6 Å². The van der Waals surface area contributed by atoms with Gasteiger partial charge in [0.2, 0.25) is 0 Å². The number of aromatic hydroxyl groups is 1. The zero-order valence-electron chi connectivity index (χ0n) is 15.3. The van der Waals surface area contributed by atoms with E-state index in [1.165, 1.54) is 7.11 Å². The molecule has 1 aromatic heterocycles. The van der Waals surface area contributed by atoms with Crippen molar-refractivity contribution in [2.45, 2.75) is 5.92 Å². The van der Waals surface area contributed by atoms with Gasteiger partial charge in [-0.05, 0) is 29.8 Å². The smallest absolute Gasteiger partial charge is 0.316 e. The number of halogens is 1. The molecule has 146 valence electrons. The first-order valence-electron chi connectivity index (χ1n) is 8.93. The van der Waals surface area contributed by atoms with Crippen LogP contribution in [0.4, 0.5) is 5.88 Å². The third-order valence-corrected chi connectivity index (χ3v) is 5.51. The molecular weight excluding hydrogens is 396 g/mol. The molecule has 3 heterocycles. The van der Waals surface area contributed by atoms with Crippen molar-refractivity contribution in [2.75, 3.05) is 13.7 Å². The van der Waals surface area contributed by atoms with Gasteiger partial charge >= 0.3 is 5.97 Å². The SMILES string of the molecule is COc1ccc(C2c3c(-c4ccc(Cl)cc4)noc3N=C3COC(=O)C32)cc1O. The average Bonchev–Trinajstić information content (AvgIpc) is 3.31. The number of aromatic nitrogens is 1. The highest BCUT2D eigenvalue weighted by Crippen LogP contribution is 2.49. The number of benzene rings is 2. The van der Waals surface area contributed by atoms with Crippen LogP contribution in [0.1, 0.15) is 17.0 Å². The van der Waals surface area contributed by atoms with Crippen LogP contribution >= 0.6 is 11.6 Å². The molecule has 0 amide bonds. The predicted octanol–water partition coefficient (Wildman–Crippen LogP) is 4.10. The normalized spacial score (nSPS) is 19.9. The lowest BCUT2D eigenvalue weighted by Crippen LogP contribution is -2.27. The number of hydrogen-bond acceptors (Lipinski definition) is 7. The summed E-state index contributed by atoms with van der Waals surface area (Å²) < 4.78 is 15.9. The molecule has 1 saturated heterocycles. The van der Waals surface area contributed by atoms with E-state index in [1.54, 1.807) is 30.3 Å². The summed E-state index contributed by atoms with van der Waals surface area (Å²) >= 11 is 6.01. The number of nitrogens with zero attached hydrogens (tertiary/aromatic N) is 2. The standard InChI is InChI=1S/C21H15ClN2O5/c1-27-15-7-4-11(8-14(15)25)16-17-13(9-28-21(17)26)23-20-18(16)19(24-29-20)10-2-5-12(22)6-3-10/h2-8,16-17,25H,9H2,1H3. The van der Waals surface area contributed by atoms with E-state index in [-0.39, 0.29) is 18.3 Å². The van der Waals surface area contributed by atoms with Gasteiger partial charge in [-0.1, -0.05) is 35.0 Å². The second-order valence-corrected chi connectivity index (χ2v) is 7.29. The second kappa shape index (κ2) is 6.63. The summed E-state index contributed by atoms with van der Waals surface area (Å²) in [6.07, 6.45) is 0. The molecule has 0 aliphatic carbocycles. The van der Waals surface area contributed by atoms with E-state index in [9.17, 15) is 9.90 Å². The lowest BCUT2D eigenvalue weighted by molar-refractivity contribution is -0.141. The minimum Gasteiger partial charge on any atom is -0.504 e. The number of esters is 1. The minimum absolute atomic E-state index is 0.0218. The number of ether oxygens (including phenoxy) is 2. The highest BCUT2D eigenvalue weighted by atomic mass is 35.5. The van der Waals surface area contributed by atoms with E-state index in [4.69, 9.17) is 25.6 Å². The van der Waals surface area contributed by atoms with Crippen LogP contribution in [0, 0.1) is 5.92 Å². The number of cyclic esters (lactones) is 1. The monoisotopic (exact) mass is 410 g/mol. The van der Waals surface area contributed by atoms with Gasteiger partial charge in [0.05, 0.1) is 18.4 Å². The van der Waals surface area contributed by atoms with Crippen LogP contribution in [0.5, 0.6) is 11.5 Å². The first kappa shape index (κ1) is 17.8. The zero-order chi connectivity index (χ0) is 20.1. The van der Waals surface area contributed by atoms with Crippen molar-refractivity contribution < 1.29 is 23.9 Å². The molecule has 1 fully saturated rings. The van der Waals surface area contributed by atoms with Gasteiger partial charge in [-0.25, -0.2) is 4.99 Å². The maximum absolute atomic E-state index is 12.6. The maximum atomic E-state index is 12.6. The van der Waals surface area contributed by atoms with E-state index in [1.807, 2.05) is 12.1 Å². The number of methoxy groups -OCH3 is 1. The maximum Gasteiger partial charge on any atom is 0.316 e. The number of phenolic OH excluding ortho intramolecular Hbond substituents is 1. The molecule has 5 rings (SSSR count). The van der Waals surface area contributed by atoms with Crippen molar-refractivity contribution in [1.82, 2.24) is 5.16 Å². The van der Waals surface area contributed by atoms with E-state index < -0.39 is 11.8 Å². The molecule has 2 unspecified atom stereocenters. The van der Waals surface area contributed by atoms with Gasteiger partial charge in [0.25, 0.3) is 5.88 Å². The molecule has 2 aliphatic heterocycles. The van der Waals surface area contributed by atoms with Gasteiger partial charge < -0.3 is 19.1 Å². The highest BCUT2D eigenvalue weighted by Gasteiger charge is 2.47. The first-order valence-corrected chi connectivity index (χ1v) is 9.31. The van der Waals surface area contributed by atoms with E-state index in [0.29, 0.717) is 39.2 Å². The molecule has 0 radical (unpaired) electrons. The molecule has 0 spiro atoms. The summed E-state index contributed by atoms with van der Waals surface area (Å²) in [6.45, 7) is 0.110. The fourth-order valence-electron chi connectivity index (χ4n) is 3.91. The molecule has 0 bridgehead atoms. The predicted molar refractivity (Wildman–Crippen MR) is 105 cm³/mol. The Hall–Kier alpha value is -3.32. The Bertz CT molecular complexity index is 1150. The molecule has 2 aromatic carbocycles. The summed E-state index contributed by atoms with van der Waals surface area (Å²) in [6, 6.07) is 12.2. The van der Waals surface area contributed by atoms with Gasteiger partial charge in [-0.15, -0.1) is 0 Å². The second-order valence-electron chi connectivity index (χ2n) is 6.85. The minimum atomic E-state index is -0.610. The van der Waals surface area contributed by atoms with Crippen LogP contribution in [-0.4, -0.2) is 35.7 Å². The van der Waals surface area contributed by atoms with Crippen molar-refractivity contribution in [3.63, 3.8) is 0 Å². The Labute approximate surface area is 170 Å². The Kier molecular flexibility index (Phi) is 4.06.